The number of fused-ring (bicyclic) bond motifs is 1. The molecule has 0 aromatic carbocycles. The van der Waals surface area contributed by atoms with Gasteiger partial charge in [-0.15, -0.1) is 0 Å². The molecule has 0 radical (unpaired) electrons. The molecule has 6 nitrogen and oxygen atoms in total. The lowest BCUT2D eigenvalue weighted by Gasteiger charge is -2.35. The third-order valence-electron chi connectivity index (χ3n) is 3.76. The lowest BCUT2D eigenvalue weighted by molar-refractivity contribution is -0.136. The van der Waals surface area contributed by atoms with E-state index in [0.29, 0.717) is 13.1 Å². The number of carboxylic acids is 1. The van der Waals surface area contributed by atoms with Gasteiger partial charge in [0.25, 0.3) is 0 Å². The van der Waals surface area contributed by atoms with E-state index in [1.54, 1.807) is 6.92 Å². The quantitative estimate of drug-likeness (QED) is 0.898. The Morgan fingerprint density at radius 2 is 2.05 bits per heavy atom. The van der Waals surface area contributed by atoms with E-state index < -0.39 is 21.2 Å². The predicted molar refractivity (Wildman–Crippen MR) is 70.3 cm³/mol. The van der Waals surface area contributed by atoms with Crippen molar-refractivity contribution >= 4 is 16.0 Å². The average molecular weight is 286 g/mol. The van der Waals surface area contributed by atoms with Crippen molar-refractivity contribution in [1.29, 1.82) is 0 Å². The Hall–Kier alpha value is -1.34. The largest absolute Gasteiger partial charge is 0.480 e. The minimum Gasteiger partial charge on any atom is -0.480 e. The highest BCUT2D eigenvalue weighted by Crippen LogP contribution is 2.30. The summed E-state index contributed by atoms with van der Waals surface area (Å²) in [6.45, 7) is 5.84. The van der Waals surface area contributed by atoms with Crippen LogP contribution in [0, 0.1) is 6.92 Å². The minimum absolute atomic E-state index is 0.309. The summed E-state index contributed by atoms with van der Waals surface area (Å²) >= 11 is 0. The van der Waals surface area contributed by atoms with E-state index >= 15 is 0 Å². The second-order valence-electron chi connectivity index (χ2n) is 4.86. The second kappa shape index (κ2) is 4.64. The van der Waals surface area contributed by atoms with E-state index in [1.165, 1.54) is 11.2 Å². The maximum Gasteiger partial charge on any atom is 0.323 e. The third-order valence-corrected chi connectivity index (χ3v) is 6.01. The first-order valence-electron chi connectivity index (χ1n) is 6.16. The first kappa shape index (κ1) is 14.1. The number of nitrogens with zero attached hydrogens (tertiary/aromatic N) is 2. The molecule has 19 heavy (non-hydrogen) atoms. The molecule has 1 aliphatic rings. The van der Waals surface area contributed by atoms with Crippen LogP contribution >= 0.6 is 0 Å². The molecule has 2 unspecified atom stereocenters. The zero-order valence-corrected chi connectivity index (χ0v) is 12.0. The number of hydrogen-bond donors (Lipinski definition) is 1. The fraction of sp³-hybridized carbons (Fsp3) is 0.583. The van der Waals surface area contributed by atoms with Gasteiger partial charge in [0.15, 0.2) is 5.25 Å². The van der Waals surface area contributed by atoms with E-state index in [0.717, 1.165) is 11.4 Å². The summed E-state index contributed by atoms with van der Waals surface area (Å²) in [5.74, 6) is -1.32. The molecule has 1 aromatic rings. The summed E-state index contributed by atoms with van der Waals surface area (Å²) in [6.07, 6.45) is 0. The number of aryl methyl sites for hydroxylation is 1. The van der Waals surface area contributed by atoms with Crippen LogP contribution in [0.3, 0.4) is 0 Å². The number of sulfonamides is 1. The highest BCUT2D eigenvalue weighted by atomic mass is 32.2. The van der Waals surface area contributed by atoms with Crippen molar-refractivity contribution in [3.63, 3.8) is 0 Å². The summed E-state index contributed by atoms with van der Waals surface area (Å²) < 4.78 is 27.9. The summed E-state index contributed by atoms with van der Waals surface area (Å²) in [5, 5.41) is 7.50. The molecule has 0 spiro atoms. The summed E-state index contributed by atoms with van der Waals surface area (Å²) in [5.41, 5.74) is 2.00. The van der Waals surface area contributed by atoms with Crippen molar-refractivity contribution in [3.05, 3.63) is 23.5 Å². The summed E-state index contributed by atoms with van der Waals surface area (Å²) in [6, 6.07) is 3.50. The molecular weight excluding hydrogens is 268 g/mol. The Kier molecular flexibility index (Phi) is 3.44. The van der Waals surface area contributed by atoms with Gasteiger partial charge in [0.1, 0.15) is 0 Å². The first-order valence-corrected chi connectivity index (χ1v) is 7.66. The van der Waals surface area contributed by atoms with Crippen molar-refractivity contribution < 1.29 is 18.3 Å². The van der Waals surface area contributed by atoms with Crippen molar-refractivity contribution in [1.82, 2.24) is 8.87 Å². The number of aromatic nitrogens is 1. The summed E-state index contributed by atoms with van der Waals surface area (Å²) in [4.78, 5) is 10.9. The van der Waals surface area contributed by atoms with Crippen molar-refractivity contribution in [2.75, 3.05) is 6.54 Å². The van der Waals surface area contributed by atoms with E-state index in [9.17, 15) is 13.2 Å². The number of hydrogen-bond acceptors (Lipinski definition) is 3. The van der Waals surface area contributed by atoms with Gasteiger partial charge in [-0.1, -0.05) is 0 Å². The monoisotopic (exact) mass is 286 g/mol. The van der Waals surface area contributed by atoms with Crippen LogP contribution in [0.4, 0.5) is 0 Å². The average Bonchev–Trinajstić information content (AvgIpc) is 2.71. The third kappa shape index (κ3) is 2.17. The molecule has 2 rings (SSSR count). The molecule has 2 atom stereocenters. The van der Waals surface area contributed by atoms with E-state index in [4.69, 9.17) is 5.11 Å². The van der Waals surface area contributed by atoms with Crippen molar-refractivity contribution in [3.8, 4) is 0 Å². The number of carboxylic acid groups (broad SMARTS) is 1. The Labute approximate surface area is 112 Å². The molecule has 7 heteroatoms. The van der Waals surface area contributed by atoms with Crippen LogP contribution in [-0.4, -0.2) is 40.2 Å². The minimum atomic E-state index is -3.82. The van der Waals surface area contributed by atoms with Gasteiger partial charge in [0.2, 0.25) is 10.0 Å². The van der Waals surface area contributed by atoms with Gasteiger partial charge < -0.3 is 9.67 Å². The van der Waals surface area contributed by atoms with E-state index in [1.807, 2.05) is 19.1 Å². The first-order chi connectivity index (χ1) is 8.76. The molecule has 0 aliphatic carbocycles. The fourth-order valence-electron chi connectivity index (χ4n) is 2.48. The standard InChI is InChI=1S/C12H18N2O4S/c1-8-4-5-11-9(2)14(7-6-13(8)11)19(17,18)10(3)12(15)16/h4-5,9-10H,6-7H2,1-3H3,(H,15,16). The van der Waals surface area contributed by atoms with Gasteiger partial charge in [0, 0.05) is 24.5 Å². The molecule has 0 saturated heterocycles. The maximum absolute atomic E-state index is 12.3. The van der Waals surface area contributed by atoms with Gasteiger partial charge in [-0.25, -0.2) is 8.42 Å². The van der Waals surface area contributed by atoms with Crippen LogP contribution < -0.4 is 0 Å². The van der Waals surface area contributed by atoms with Crippen LogP contribution in [0.25, 0.3) is 0 Å². The molecule has 1 aromatic heterocycles. The number of carbonyl (C=O) groups is 1. The topological polar surface area (TPSA) is 79.6 Å². The predicted octanol–water partition coefficient (Wildman–Crippen LogP) is 0.976. The molecule has 0 fully saturated rings. The Balaban J connectivity index is 2.37. The Morgan fingerprint density at radius 1 is 1.42 bits per heavy atom. The van der Waals surface area contributed by atoms with Crippen LogP contribution in [0.1, 0.15) is 31.3 Å². The molecule has 2 heterocycles. The van der Waals surface area contributed by atoms with Gasteiger partial charge in [0.05, 0.1) is 6.04 Å². The molecule has 0 saturated carbocycles. The van der Waals surface area contributed by atoms with Crippen LogP contribution in [0.5, 0.6) is 0 Å². The highest BCUT2D eigenvalue weighted by Gasteiger charge is 2.39. The van der Waals surface area contributed by atoms with Gasteiger partial charge in [-0.2, -0.15) is 4.31 Å². The molecule has 106 valence electrons. The van der Waals surface area contributed by atoms with E-state index in [-0.39, 0.29) is 6.04 Å². The maximum atomic E-state index is 12.3. The Bertz CT molecular complexity index is 605. The zero-order chi connectivity index (χ0) is 14.4. The highest BCUT2D eigenvalue weighted by molar-refractivity contribution is 7.90. The lowest BCUT2D eigenvalue weighted by Crippen LogP contribution is -2.46. The normalized spacial score (nSPS) is 21.9. The van der Waals surface area contributed by atoms with Crippen LogP contribution in [0.15, 0.2) is 12.1 Å². The van der Waals surface area contributed by atoms with Gasteiger partial charge in [-0.3, -0.25) is 4.79 Å². The van der Waals surface area contributed by atoms with E-state index in [2.05, 4.69) is 4.57 Å². The summed E-state index contributed by atoms with van der Waals surface area (Å²) in [7, 11) is -3.82. The lowest BCUT2D eigenvalue weighted by atomic mass is 10.2. The smallest absolute Gasteiger partial charge is 0.323 e. The molecule has 0 amide bonds. The zero-order valence-electron chi connectivity index (χ0n) is 11.2. The van der Waals surface area contributed by atoms with Crippen LogP contribution in [-0.2, 0) is 21.4 Å². The van der Waals surface area contributed by atoms with Gasteiger partial charge in [-0.05, 0) is 32.9 Å². The molecule has 0 bridgehead atoms. The number of aliphatic carboxylic acids is 1. The van der Waals surface area contributed by atoms with Crippen molar-refractivity contribution in [2.24, 2.45) is 0 Å². The van der Waals surface area contributed by atoms with Gasteiger partial charge >= 0.3 is 5.97 Å². The second-order valence-corrected chi connectivity index (χ2v) is 7.07. The SMILES string of the molecule is Cc1ccc2n1CCN(S(=O)(=O)C(C)C(=O)O)C2C. The van der Waals surface area contributed by atoms with Crippen molar-refractivity contribution in [2.45, 2.75) is 38.6 Å². The Morgan fingerprint density at radius 3 is 2.63 bits per heavy atom. The van der Waals surface area contributed by atoms with Crippen LogP contribution in [0.2, 0.25) is 0 Å². The molecule has 1 N–H and O–H groups in total. The fourth-order valence-corrected chi connectivity index (χ4v) is 4.02. The molecular formula is C12H18N2O4S. The number of rotatable bonds is 3. The molecule has 1 aliphatic heterocycles.